The van der Waals surface area contributed by atoms with E-state index in [0.717, 1.165) is 35.2 Å². The van der Waals surface area contributed by atoms with E-state index in [4.69, 9.17) is 9.72 Å². The van der Waals surface area contributed by atoms with Gasteiger partial charge in [-0.2, -0.15) is 0 Å². The van der Waals surface area contributed by atoms with Crippen LogP contribution in [0.1, 0.15) is 11.1 Å². The van der Waals surface area contributed by atoms with Gasteiger partial charge in [0.1, 0.15) is 5.75 Å². The molecule has 2 amide bonds. The number of anilines is 2. The number of fused-ring (bicyclic) bond motifs is 1. The van der Waals surface area contributed by atoms with Gasteiger partial charge in [-0.25, -0.2) is 9.78 Å². The quantitative estimate of drug-likeness (QED) is 0.718. The van der Waals surface area contributed by atoms with Crippen LogP contribution in [0, 0.1) is 13.8 Å². The molecule has 146 valence electrons. The maximum Gasteiger partial charge on any atom is 0.321 e. The first-order valence-corrected chi connectivity index (χ1v) is 10.2. The average Bonchev–Trinajstić information content (AvgIpc) is 3.13. The maximum atomic E-state index is 12.5. The molecule has 7 heteroatoms. The lowest BCUT2D eigenvalue weighted by molar-refractivity contribution is 0.208. The van der Waals surface area contributed by atoms with Crippen molar-refractivity contribution in [3.63, 3.8) is 0 Å². The monoisotopic (exact) mass is 396 g/mol. The Balaban J connectivity index is 1.38. The van der Waals surface area contributed by atoms with Crippen LogP contribution in [0.3, 0.4) is 0 Å². The van der Waals surface area contributed by atoms with Crippen LogP contribution in [-0.2, 0) is 0 Å². The molecule has 4 rings (SSSR count). The minimum Gasteiger partial charge on any atom is -0.497 e. The molecular formula is C21H24N4O2S. The van der Waals surface area contributed by atoms with Crippen molar-refractivity contribution in [2.75, 3.05) is 43.5 Å². The number of aromatic nitrogens is 1. The summed E-state index contributed by atoms with van der Waals surface area (Å²) in [5, 5.41) is 3.99. The normalized spacial score (nSPS) is 14.4. The molecule has 0 atom stereocenters. The van der Waals surface area contributed by atoms with Crippen LogP contribution in [0.5, 0.6) is 5.75 Å². The van der Waals surface area contributed by atoms with Crippen LogP contribution >= 0.6 is 11.3 Å². The highest BCUT2D eigenvalue weighted by Crippen LogP contribution is 2.32. The van der Waals surface area contributed by atoms with E-state index in [1.807, 2.05) is 29.2 Å². The molecule has 1 aromatic heterocycles. The topological polar surface area (TPSA) is 57.7 Å². The number of urea groups is 1. The van der Waals surface area contributed by atoms with E-state index in [1.165, 1.54) is 15.8 Å². The summed E-state index contributed by atoms with van der Waals surface area (Å²) in [5.41, 5.74) is 4.34. The van der Waals surface area contributed by atoms with E-state index in [-0.39, 0.29) is 6.03 Å². The molecule has 2 aromatic carbocycles. The van der Waals surface area contributed by atoms with Gasteiger partial charge >= 0.3 is 6.03 Å². The molecule has 3 aromatic rings. The highest BCUT2D eigenvalue weighted by atomic mass is 32.1. The van der Waals surface area contributed by atoms with Gasteiger partial charge in [0.25, 0.3) is 0 Å². The molecule has 1 aliphatic rings. The number of benzene rings is 2. The second-order valence-corrected chi connectivity index (χ2v) is 8.07. The van der Waals surface area contributed by atoms with Crippen molar-refractivity contribution in [2.45, 2.75) is 13.8 Å². The summed E-state index contributed by atoms with van der Waals surface area (Å²) in [6.07, 6.45) is 0. The third kappa shape index (κ3) is 3.75. The minimum atomic E-state index is -0.0689. The number of ether oxygens (including phenoxy) is 1. The van der Waals surface area contributed by atoms with E-state index in [0.29, 0.717) is 13.1 Å². The summed E-state index contributed by atoms with van der Waals surface area (Å²) in [4.78, 5) is 21.5. The number of thiazole rings is 1. The molecule has 1 saturated heterocycles. The Morgan fingerprint density at radius 3 is 2.50 bits per heavy atom. The number of nitrogens with one attached hydrogen (secondary N) is 1. The van der Waals surface area contributed by atoms with Crippen molar-refractivity contribution in [1.82, 2.24) is 9.88 Å². The first kappa shape index (κ1) is 18.6. The lowest BCUT2D eigenvalue weighted by Gasteiger charge is -2.34. The minimum absolute atomic E-state index is 0.0689. The molecule has 0 unspecified atom stereocenters. The van der Waals surface area contributed by atoms with Gasteiger partial charge in [0.05, 0.1) is 17.3 Å². The zero-order valence-corrected chi connectivity index (χ0v) is 17.2. The number of amides is 2. The molecule has 1 fully saturated rings. The molecule has 2 heterocycles. The molecule has 1 aliphatic heterocycles. The fourth-order valence-electron chi connectivity index (χ4n) is 3.47. The van der Waals surface area contributed by atoms with Crippen LogP contribution in [0.2, 0.25) is 0 Å². The summed E-state index contributed by atoms with van der Waals surface area (Å²) >= 11 is 1.73. The van der Waals surface area contributed by atoms with Gasteiger partial charge in [0, 0.05) is 31.9 Å². The van der Waals surface area contributed by atoms with E-state index in [1.54, 1.807) is 18.4 Å². The highest BCUT2D eigenvalue weighted by Gasteiger charge is 2.23. The number of rotatable bonds is 3. The number of piperazine rings is 1. The summed E-state index contributed by atoms with van der Waals surface area (Å²) in [7, 11) is 1.63. The third-order valence-corrected chi connectivity index (χ3v) is 6.06. The van der Waals surface area contributed by atoms with Crippen LogP contribution in [0.4, 0.5) is 15.6 Å². The standard InChI is InChI=1S/C21H24N4O2S/c1-14-12-15(2)19-18(13-14)28-21(23-19)25-10-8-24(9-11-25)20(26)22-16-4-6-17(27-3)7-5-16/h4-7,12-13H,8-11H2,1-3H3,(H,22,26). The zero-order valence-electron chi connectivity index (χ0n) is 16.4. The van der Waals surface area contributed by atoms with E-state index in [9.17, 15) is 4.79 Å². The maximum absolute atomic E-state index is 12.5. The number of aryl methyl sites for hydroxylation is 2. The van der Waals surface area contributed by atoms with Gasteiger partial charge < -0.3 is 19.9 Å². The van der Waals surface area contributed by atoms with E-state index < -0.39 is 0 Å². The number of hydrogen-bond acceptors (Lipinski definition) is 5. The van der Waals surface area contributed by atoms with E-state index >= 15 is 0 Å². The Labute approximate surface area is 168 Å². The molecule has 0 saturated carbocycles. The summed E-state index contributed by atoms with van der Waals surface area (Å²) in [5.74, 6) is 0.771. The number of hydrogen-bond donors (Lipinski definition) is 1. The Bertz CT molecular complexity index is 992. The Kier molecular flexibility index (Phi) is 5.09. The summed E-state index contributed by atoms with van der Waals surface area (Å²) in [6.45, 7) is 7.15. The number of carbonyl (C=O) groups is 1. The van der Waals surface area contributed by atoms with Crippen molar-refractivity contribution in [1.29, 1.82) is 0 Å². The molecule has 0 bridgehead atoms. The van der Waals surface area contributed by atoms with Crippen LogP contribution in [0.15, 0.2) is 36.4 Å². The molecule has 0 radical (unpaired) electrons. The predicted molar refractivity (Wildman–Crippen MR) is 115 cm³/mol. The molecule has 0 spiro atoms. The smallest absolute Gasteiger partial charge is 0.321 e. The summed E-state index contributed by atoms with van der Waals surface area (Å²) in [6, 6.07) is 11.7. The number of methoxy groups -OCH3 is 1. The van der Waals surface area contributed by atoms with Crippen molar-refractivity contribution < 1.29 is 9.53 Å². The van der Waals surface area contributed by atoms with Crippen LogP contribution in [0.25, 0.3) is 10.2 Å². The Hall–Kier alpha value is -2.80. The van der Waals surface area contributed by atoms with Gasteiger partial charge in [0.2, 0.25) is 0 Å². The number of nitrogens with zero attached hydrogens (tertiary/aromatic N) is 3. The van der Waals surface area contributed by atoms with Crippen LogP contribution < -0.4 is 15.0 Å². The van der Waals surface area contributed by atoms with Crippen molar-refractivity contribution in [3.8, 4) is 5.75 Å². The fourth-order valence-corrected chi connectivity index (χ4v) is 4.67. The average molecular weight is 397 g/mol. The van der Waals surface area contributed by atoms with Crippen LogP contribution in [-0.4, -0.2) is 49.2 Å². The SMILES string of the molecule is COc1ccc(NC(=O)N2CCN(c3nc4c(C)cc(C)cc4s3)CC2)cc1. The molecule has 1 N–H and O–H groups in total. The van der Waals surface area contributed by atoms with Crippen molar-refractivity contribution in [2.24, 2.45) is 0 Å². The Morgan fingerprint density at radius 2 is 1.82 bits per heavy atom. The zero-order chi connectivity index (χ0) is 19.7. The van der Waals surface area contributed by atoms with Gasteiger partial charge in [-0.05, 0) is 55.3 Å². The molecule has 6 nitrogen and oxygen atoms in total. The lowest BCUT2D eigenvalue weighted by atomic mass is 10.1. The predicted octanol–water partition coefficient (Wildman–Crippen LogP) is 4.28. The molecule has 28 heavy (non-hydrogen) atoms. The van der Waals surface area contributed by atoms with Crippen molar-refractivity contribution >= 4 is 38.4 Å². The van der Waals surface area contributed by atoms with Crippen molar-refractivity contribution in [3.05, 3.63) is 47.5 Å². The van der Waals surface area contributed by atoms with Gasteiger partial charge in [-0.15, -0.1) is 0 Å². The largest absolute Gasteiger partial charge is 0.497 e. The Morgan fingerprint density at radius 1 is 1.11 bits per heavy atom. The van der Waals surface area contributed by atoms with Gasteiger partial charge in [0.15, 0.2) is 5.13 Å². The molecule has 0 aliphatic carbocycles. The van der Waals surface area contributed by atoms with Gasteiger partial charge in [-0.3, -0.25) is 0 Å². The number of carbonyl (C=O) groups excluding carboxylic acids is 1. The van der Waals surface area contributed by atoms with Gasteiger partial charge in [-0.1, -0.05) is 17.4 Å². The summed E-state index contributed by atoms with van der Waals surface area (Å²) < 4.78 is 6.38. The fraction of sp³-hybridized carbons (Fsp3) is 0.333. The molecular weight excluding hydrogens is 372 g/mol. The second-order valence-electron chi connectivity index (χ2n) is 7.06. The van der Waals surface area contributed by atoms with E-state index in [2.05, 4.69) is 36.2 Å². The lowest BCUT2D eigenvalue weighted by Crippen LogP contribution is -2.50. The first-order chi connectivity index (χ1) is 13.5. The second kappa shape index (κ2) is 7.67. The third-order valence-electron chi connectivity index (χ3n) is 5.00. The highest BCUT2D eigenvalue weighted by molar-refractivity contribution is 7.22. The first-order valence-electron chi connectivity index (χ1n) is 9.36.